The monoisotopic (exact) mass is 612 g/mol. The maximum Gasteiger partial charge on any atom is 2.00 e. The van der Waals surface area contributed by atoms with E-state index >= 15 is 0 Å². The predicted molar refractivity (Wildman–Crippen MR) is 107 cm³/mol. The van der Waals surface area contributed by atoms with Crippen molar-refractivity contribution in [3.8, 4) is 0 Å². The van der Waals surface area contributed by atoms with E-state index in [1.54, 1.807) is 36.4 Å². The Hall–Kier alpha value is -2.14. The molecule has 0 atom stereocenters. The minimum Gasteiger partial charge on any atom is -0.545 e. The maximum absolute atomic E-state index is 10.8. The summed E-state index contributed by atoms with van der Waals surface area (Å²) in [5.41, 5.74) is 0.265. The molecule has 0 aliphatic rings. The molecule has 0 amide bonds. The molecule has 140 valence electrons. The topological polar surface area (TPSA) is 80.3 Å². The van der Waals surface area contributed by atoms with E-state index in [9.17, 15) is 19.8 Å². The van der Waals surface area contributed by atoms with Gasteiger partial charge in [0.2, 0.25) is 0 Å². The van der Waals surface area contributed by atoms with Gasteiger partial charge in [-0.05, 0) is 22.9 Å². The first-order valence-electron chi connectivity index (χ1n) is 8.17. The van der Waals surface area contributed by atoms with Crippen molar-refractivity contribution in [1.29, 1.82) is 0 Å². The van der Waals surface area contributed by atoms with E-state index in [-0.39, 0.29) is 38.8 Å². The van der Waals surface area contributed by atoms with Crippen LogP contribution in [-0.2, 0) is 27.7 Å². The summed E-state index contributed by atoms with van der Waals surface area (Å²) in [5.74, 6) is -2.41. The van der Waals surface area contributed by atoms with Crippen molar-refractivity contribution in [3.63, 3.8) is 0 Å². The number of fused-ring (bicyclic) bond motifs is 2. The van der Waals surface area contributed by atoms with Gasteiger partial charge in [-0.2, -0.15) is 0 Å². The Kier molecular flexibility index (Phi) is 8.02. The van der Waals surface area contributed by atoms with E-state index in [4.69, 9.17) is 23.2 Å². The number of hydrogen-bond acceptors (Lipinski definition) is 4. The Balaban J connectivity index is 0.000000200. The van der Waals surface area contributed by atoms with Gasteiger partial charge in [0, 0.05) is 31.9 Å². The summed E-state index contributed by atoms with van der Waals surface area (Å²) in [6, 6.07) is 20.5. The summed E-state index contributed by atoms with van der Waals surface area (Å²) in [4.78, 5) is 21.6. The van der Waals surface area contributed by atoms with Crippen LogP contribution in [0, 0.1) is 0 Å². The molecule has 4 rings (SSSR count). The average molecular weight is 612 g/mol. The summed E-state index contributed by atoms with van der Waals surface area (Å²) in [7, 11) is 0. The van der Waals surface area contributed by atoms with E-state index < -0.39 is 11.9 Å². The molecule has 0 unspecified atom stereocenters. The fourth-order valence-corrected chi connectivity index (χ4v) is 3.50. The Morgan fingerprint density at radius 1 is 0.586 bits per heavy atom. The predicted octanol–water partition coefficient (Wildman–Crippen LogP) is 3.71. The van der Waals surface area contributed by atoms with Crippen molar-refractivity contribution in [2.45, 2.75) is 0 Å². The number of benzene rings is 4. The van der Waals surface area contributed by atoms with Gasteiger partial charge in [0.1, 0.15) is 0 Å². The second kappa shape index (κ2) is 10.1. The van der Waals surface area contributed by atoms with Gasteiger partial charge in [0.05, 0.1) is 11.9 Å². The largest absolute Gasteiger partial charge is 2.00 e. The molecular weight excluding hydrogens is 600 g/mol. The minimum absolute atomic E-state index is 0. The third kappa shape index (κ3) is 5.07. The van der Waals surface area contributed by atoms with Crippen LogP contribution >= 0.6 is 23.2 Å². The Bertz CT molecular complexity index is 1100. The smallest absolute Gasteiger partial charge is 0.545 e. The Morgan fingerprint density at radius 2 is 0.897 bits per heavy atom. The normalized spacial score (nSPS) is 10.0. The van der Waals surface area contributed by atoms with Gasteiger partial charge < -0.3 is 19.8 Å². The molecule has 4 aromatic rings. The zero-order chi connectivity index (χ0) is 20.3. The number of halogens is 2. The number of aromatic carboxylic acids is 2. The van der Waals surface area contributed by atoms with Crippen molar-refractivity contribution in [1.82, 2.24) is 0 Å². The van der Waals surface area contributed by atoms with Gasteiger partial charge in [-0.15, -0.1) is 0 Å². The molecule has 29 heavy (non-hydrogen) atoms. The third-order valence-corrected chi connectivity index (χ3v) is 4.78. The van der Waals surface area contributed by atoms with Crippen molar-refractivity contribution in [2.75, 3.05) is 0 Å². The summed E-state index contributed by atoms with van der Waals surface area (Å²) in [6.45, 7) is 0. The molecule has 4 nitrogen and oxygen atoms in total. The van der Waals surface area contributed by atoms with E-state index in [1.165, 1.54) is 12.1 Å². The van der Waals surface area contributed by atoms with Crippen LogP contribution in [0.1, 0.15) is 20.7 Å². The maximum atomic E-state index is 10.8. The first kappa shape index (κ1) is 23.1. The minimum atomic E-state index is -1.20. The molecule has 0 spiro atoms. The number of rotatable bonds is 2. The van der Waals surface area contributed by atoms with Gasteiger partial charge in [0.15, 0.2) is 0 Å². The van der Waals surface area contributed by atoms with Crippen LogP contribution in [0.4, 0.5) is 0 Å². The van der Waals surface area contributed by atoms with Crippen molar-refractivity contribution in [2.24, 2.45) is 0 Å². The number of carbonyl (C=O) groups is 2. The van der Waals surface area contributed by atoms with Gasteiger partial charge >= 0.3 is 27.7 Å². The van der Waals surface area contributed by atoms with E-state index in [0.29, 0.717) is 20.8 Å². The second-order valence-electron chi connectivity index (χ2n) is 5.86. The zero-order valence-corrected chi connectivity index (χ0v) is 22.0. The Labute approximate surface area is 197 Å². The van der Waals surface area contributed by atoms with Gasteiger partial charge in [-0.1, -0.05) is 83.9 Å². The quantitative estimate of drug-likeness (QED) is 0.324. The first-order chi connectivity index (χ1) is 13.4. The molecule has 0 fully saturated rings. The van der Waals surface area contributed by atoms with Crippen LogP contribution in [-0.4, -0.2) is 11.9 Å². The molecule has 0 bridgehead atoms. The fourth-order valence-electron chi connectivity index (χ4n) is 2.93. The standard InChI is InChI=1S/2C11H7ClO2.Hg/c2*12-9-6-2-4-7-3-1-5-8(10(7)9)11(13)14;/h2*1-6H,(H,13,14);/q;;+2/p-2. The number of carbonyl (C=O) groups excluding carboxylic acids is 2. The number of hydrogen-bond donors (Lipinski definition) is 0. The van der Waals surface area contributed by atoms with Crippen LogP contribution in [0.5, 0.6) is 0 Å². The number of carboxylic acid groups (broad SMARTS) is 2. The molecule has 7 heteroatoms. The summed E-state index contributed by atoms with van der Waals surface area (Å²) in [5, 5.41) is 25.1. The van der Waals surface area contributed by atoms with Crippen LogP contribution < -0.4 is 10.2 Å². The molecule has 0 aromatic heterocycles. The van der Waals surface area contributed by atoms with Gasteiger partial charge in [-0.25, -0.2) is 0 Å². The molecule has 0 radical (unpaired) electrons. The van der Waals surface area contributed by atoms with Crippen LogP contribution in [0.15, 0.2) is 72.8 Å². The summed E-state index contributed by atoms with van der Waals surface area (Å²) >= 11 is 11.8. The van der Waals surface area contributed by atoms with Crippen molar-refractivity contribution < 1.29 is 47.5 Å². The third-order valence-electron chi connectivity index (χ3n) is 4.15. The zero-order valence-electron chi connectivity index (χ0n) is 15.0. The van der Waals surface area contributed by atoms with Gasteiger partial charge in [0.25, 0.3) is 0 Å². The Morgan fingerprint density at radius 3 is 1.21 bits per heavy atom. The molecular formula is C22H12Cl2HgO4. The fraction of sp³-hybridized carbons (Fsp3) is 0. The molecule has 0 N–H and O–H groups in total. The van der Waals surface area contributed by atoms with Crippen molar-refractivity contribution >= 4 is 56.7 Å². The molecule has 0 saturated heterocycles. The van der Waals surface area contributed by atoms with E-state index in [1.807, 2.05) is 24.3 Å². The van der Waals surface area contributed by atoms with Crippen LogP contribution in [0.2, 0.25) is 10.0 Å². The summed E-state index contributed by atoms with van der Waals surface area (Å²) in [6.07, 6.45) is 0. The second-order valence-corrected chi connectivity index (χ2v) is 6.68. The van der Waals surface area contributed by atoms with E-state index in [0.717, 1.165) is 10.8 Å². The van der Waals surface area contributed by atoms with Crippen LogP contribution in [0.25, 0.3) is 21.5 Å². The molecule has 0 heterocycles. The van der Waals surface area contributed by atoms with Crippen molar-refractivity contribution in [3.05, 3.63) is 94.0 Å². The van der Waals surface area contributed by atoms with Gasteiger partial charge in [-0.3, -0.25) is 0 Å². The number of carboxylic acids is 2. The average Bonchev–Trinajstić information content (AvgIpc) is 2.68. The van der Waals surface area contributed by atoms with E-state index in [2.05, 4.69) is 0 Å². The molecule has 0 aliphatic heterocycles. The molecule has 0 aliphatic carbocycles. The SMILES string of the molecule is O=C([O-])c1cccc2cccc(Cl)c12.O=C([O-])c1cccc2cccc(Cl)c12.[Hg+2]. The molecule has 4 aromatic carbocycles. The molecule has 0 saturated carbocycles. The first-order valence-corrected chi connectivity index (χ1v) is 8.93. The summed E-state index contributed by atoms with van der Waals surface area (Å²) < 4.78 is 0. The van der Waals surface area contributed by atoms with Crippen LogP contribution in [0.3, 0.4) is 0 Å².